The second-order valence-corrected chi connectivity index (χ2v) is 9.05. The third kappa shape index (κ3) is 5.15. The van der Waals surface area contributed by atoms with Crippen LogP contribution in [0.5, 0.6) is 0 Å². The molecule has 0 aromatic carbocycles. The third-order valence-electron chi connectivity index (χ3n) is 6.16. The lowest BCUT2D eigenvalue weighted by Crippen LogP contribution is -2.37. The largest absolute Gasteiger partial charge is 0.355 e. The fraction of sp³-hybridized carbons (Fsp3) is 0.609. The predicted octanol–water partition coefficient (Wildman–Crippen LogP) is 1.43. The fourth-order valence-corrected chi connectivity index (χ4v) is 4.13. The molecule has 1 saturated heterocycles. The molecule has 32 heavy (non-hydrogen) atoms. The Labute approximate surface area is 189 Å². The first-order valence-corrected chi connectivity index (χ1v) is 11.7. The average Bonchev–Trinajstić information content (AvgIpc) is 3.39. The first-order chi connectivity index (χ1) is 15.5. The van der Waals surface area contributed by atoms with Crippen LogP contribution in [0, 0.1) is 5.92 Å². The lowest BCUT2D eigenvalue weighted by molar-refractivity contribution is 0.0950. The number of likely N-dealkylation sites (N-methyl/N-ethyl adjacent to an activating group) is 1. The molecule has 4 rings (SSSR count). The number of aryl methyl sites for hydroxylation is 1. The zero-order valence-corrected chi connectivity index (χ0v) is 19.4. The van der Waals surface area contributed by atoms with E-state index >= 15 is 0 Å². The summed E-state index contributed by atoms with van der Waals surface area (Å²) >= 11 is 0. The molecular formula is C23H35N7O2. The van der Waals surface area contributed by atoms with Crippen LogP contribution in [-0.2, 0) is 6.42 Å². The van der Waals surface area contributed by atoms with Crippen molar-refractivity contribution in [3.8, 4) is 0 Å². The van der Waals surface area contributed by atoms with Crippen molar-refractivity contribution >= 4 is 23.4 Å². The number of rotatable bonds is 11. The van der Waals surface area contributed by atoms with Gasteiger partial charge in [-0.25, -0.2) is 9.78 Å². The van der Waals surface area contributed by atoms with Gasteiger partial charge in [0, 0.05) is 52.0 Å². The Morgan fingerprint density at radius 1 is 1.28 bits per heavy atom. The Hall–Kier alpha value is -2.81. The number of hydrogen-bond acceptors (Lipinski definition) is 5. The number of nitrogens with zero attached hydrogens (tertiary/aromatic N) is 5. The van der Waals surface area contributed by atoms with Crippen molar-refractivity contribution in [3.05, 3.63) is 29.6 Å². The van der Waals surface area contributed by atoms with E-state index in [1.165, 1.54) is 12.8 Å². The van der Waals surface area contributed by atoms with Gasteiger partial charge in [0.1, 0.15) is 11.5 Å². The van der Waals surface area contributed by atoms with Crippen LogP contribution in [0.3, 0.4) is 0 Å². The molecule has 0 unspecified atom stereocenters. The summed E-state index contributed by atoms with van der Waals surface area (Å²) in [6, 6.07) is 3.69. The first-order valence-electron chi connectivity index (χ1n) is 11.7. The number of nitrogens with one attached hydrogen (secondary N) is 2. The molecule has 0 radical (unpaired) electrons. The molecule has 1 aliphatic heterocycles. The number of carbonyl (C=O) groups is 2. The number of carbonyl (C=O) groups excluding carboxylic acids is 2. The molecule has 9 nitrogen and oxygen atoms in total. The lowest BCUT2D eigenvalue weighted by atomic mass is 10.2. The number of amides is 3. The van der Waals surface area contributed by atoms with Gasteiger partial charge < -0.3 is 25.3 Å². The van der Waals surface area contributed by atoms with E-state index in [1.807, 2.05) is 18.3 Å². The molecule has 2 aliphatic rings. The van der Waals surface area contributed by atoms with Gasteiger partial charge in [-0.1, -0.05) is 6.92 Å². The van der Waals surface area contributed by atoms with Gasteiger partial charge in [-0.05, 0) is 51.4 Å². The van der Waals surface area contributed by atoms with E-state index in [-0.39, 0.29) is 11.9 Å². The van der Waals surface area contributed by atoms with Crippen LogP contribution in [0.25, 0.3) is 5.65 Å². The highest BCUT2D eigenvalue weighted by molar-refractivity contribution is 5.94. The molecule has 0 spiro atoms. The van der Waals surface area contributed by atoms with Crippen molar-refractivity contribution in [1.29, 1.82) is 0 Å². The summed E-state index contributed by atoms with van der Waals surface area (Å²) in [6.07, 6.45) is 5.34. The zero-order chi connectivity index (χ0) is 22.7. The number of pyridine rings is 1. The Morgan fingerprint density at radius 2 is 2.09 bits per heavy atom. The van der Waals surface area contributed by atoms with Crippen molar-refractivity contribution in [2.24, 2.45) is 5.92 Å². The minimum atomic E-state index is -0.133. The highest BCUT2D eigenvalue weighted by Crippen LogP contribution is 2.33. The summed E-state index contributed by atoms with van der Waals surface area (Å²) in [5.41, 5.74) is 2.54. The molecule has 2 aromatic rings. The van der Waals surface area contributed by atoms with E-state index in [9.17, 15) is 9.59 Å². The molecule has 0 bridgehead atoms. The smallest absolute Gasteiger partial charge is 0.317 e. The van der Waals surface area contributed by atoms with E-state index < -0.39 is 0 Å². The monoisotopic (exact) mass is 441 g/mol. The highest BCUT2D eigenvalue weighted by atomic mass is 16.2. The fourth-order valence-electron chi connectivity index (χ4n) is 4.13. The summed E-state index contributed by atoms with van der Waals surface area (Å²) in [5.74, 6) is 1.73. The Bertz CT molecular complexity index is 967. The second-order valence-electron chi connectivity index (χ2n) is 9.05. The van der Waals surface area contributed by atoms with Crippen LogP contribution in [0.1, 0.15) is 35.8 Å². The Kier molecular flexibility index (Phi) is 6.83. The number of aromatic nitrogens is 2. The van der Waals surface area contributed by atoms with Crippen LogP contribution < -0.4 is 15.5 Å². The zero-order valence-electron chi connectivity index (χ0n) is 19.4. The average molecular weight is 442 g/mol. The minimum absolute atomic E-state index is 0.0655. The van der Waals surface area contributed by atoms with Gasteiger partial charge in [-0.15, -0.1) is 0 Å². The van der Waals surface area contributed by atoms with Gasteiger partial charge in [0.05, 0.1) is 11.3 Å². The Morgan fingerprint density at radius 3 is 2.75 bits per heavy atom. The Balaban J connectivity index is 1.53. The third-order valence-corrected chi connectivity index (χ3v) is 6.16. The van der Waals surface area contributed by atoms with Crippen LogP contribution in [0.15, 0.2) is 18.3 Å². The molecule has 1 saturated carbocycles. The maximum absolute atomic E-state index is 12.8. The number of anilines is 1. The second kappa shape index (κ2) is 9.77. The van der Waals surface area contributed by atoms with E-state index in [1.54, 1.807) is 4.90 Å². The SMILES string of the molecule is CCc1nc2ccc(C(=O)NCCN3CCNC3=O)cn2c1N(CCN(C)C)CC1CC1. The van der Waals surface area contributed by atoms with Crippen LogP contribution in [-0.4, -0.2) is 91.0 Å². The molecule has 174 valence electrons. The number of urea groups is 1. The number of hydrogen-bond donors (Lipinski definition) is 2. The van der Waals surface area contributed by atoms with Gasteiger partial charge in [0.25, 0.3) is 5.91 Å². The number of fused-ring (bicyclic) bond motifs is 1. The topological polar surface area (TPSA) is 85.2 Å². The van der Waals surface area contributed by atoms with Crippen molar-refractivity contribution in [3.63, 3.8) is 0 Å². The summed E-state index contributed by atoms with van der Waals surface area (Å²) in [6.45, 7) is 7.35. The lowest BCUT2D eigenvalue weighted by Gasteiger charge is -2.27. The summed E-state index contributed by atoms with van der Waals surface area (Å²) in [7, 11) is 4.19. The van der Waals surface area contributed by atoms with E-state index in [2.05, 4.69) is 45.9 Å². The summed E-state index contributed by atoms with van der Waals surface area (Å²) < 4.78 is 2.08. The summed E-state index contributed by atoms with van der Waals surface area (Å²) in [4.78, 5) is 35.7. The van der Waals surface area contributed by atoms with Crippen molar-refractivity contribution in [2.75, 3.05) is 64.8 Å². The van der Waals surface area contributed by atoms with E-state index in [0.29, 0.717) is 31.7 Å². The molecule has 2 aromatic heterocycles. The molecule has 3 amide bonds. The van der Waals surface area contributed by atoms with Gasteiger partial charge >= 0.3 is 6.03 Å². The molecule has 2 fully saturated rings. The van der Waals surface area contributed by atoms with Gasteiger partial charge in [0.15, 0.2) is 0 Å². The maximum atomic E-state index is 12.8. The van der Waals surface area contributed by atoms with Gasteiger partial charge in [-0.3, -0.25) is 9.20 Å². The van der Waals surface area contributed by atoms with Gasteiger partial charge in [-0.2, -0.15) is 0 Å². The first kappa shape index (κ1) is 22.4. The van der Waals surface area contributed by atoms with Gasteiger partial charge in [0.2, 0.25) is 0 Å². The van der Waals surface area contributed by atoms with Crippen LogP contribution in [0.4, 0.5) is 10.6 Å². The normalized spacial score (nSPS) is 16.1. The van der Waals surface area contributed by atoms with Crippen molar-refractivity contribution in [2.45, 2.75) is 26.2 Å². The van der Waals surface area contributed by atoms with E-state index in [4.69, 9.17) is 4.98 Å². The molecule has 1 aliphatic carbocycles. The highest BCUT2D eigenvalue weighted by Gasteiger charge is 2.27. The van der Waals surface area contributed by atoms with Crippen LogP contribution >= 0.6 is 0 Å². The molecule has 9 heteroatoms. The van der Waals surface area contributed by atoms with Crippen molar-refractivity contribution < 1.29 is 9.59 Å². The molecule has 3 heterocycles. The molecule has 2 N–H and O–H groups in total. The van der Waals surface area contributed by atoms with Crippen molar-refractivity contribution in [1.82, 2.24) is 29.8 Å². The number of imidazole rings is 1. The molecular weight excluding hydrogens is 406 g/mol. The quantitative estimate of drug-likeness (QED) is 0.551. The molecule has 0 atom stereocenters. The maximum Gasteiger partial charge on any atom is 0.317 e. The predicted molar refractivity (Wildman–Crippen MR) is 125 cm³/mol. The minimum Gasteiger partial charge on any atom is -0.355 e. The van der Waals surface area contributed by atoms with Crippen LogP contribution in [0.2, 0.25) is 0 Å². The summed E-state index contributed by atoms with van der Waals surface area (Å²) in [5, 5.41) is 5.72. The standard InChI is InChI=1S/C23H35N7O2/c1-4-19-22(29(14-13-27(2)3)15-17-5-6-17)30-16-18(7-8-20(30)26-19)21(31)24-9-11-28-12-10-25-23(28)32/h7-8,16-17H,4-6,9-15H2,1-3H3,(H,24,31)(H,25,32). The van der Waals surface area contributed by atoms with E-state index in [0.717, 1.165) is 49.1 Å².